The first-order valence-corrected chi connectivity index (χ1v) is 12.7. The fraction of sp³-hybridized carbons (Fsp3) is 0.167. The fourth-order valence-electron chi connectivity index (χ4n) is 3.34. The molecule has 1 aliphatic rings. The molecule has 0 aromatic heterocycles. The Kier molecular flexibility index (Phi) is 7.27. The van der Waals surface area contributed by atoms with Crippen LogP contribution in [0.15, 0.2) is 75.1 Å². The van der Waals surface area contributed by atoms with E-state index in [0.29, 0.717) is 27.3 Å². The molecule has 0 unspecified atom stereocenters. The zero-order chi connectivity index (χ0) is 25.0. The second-order valence-corrected chi connectivity index (χ2v) is 10.2. The first-order valence-electron chi connectivity index (χ1n) is 10.4. The molecule has 3 aromatic carbocycles. The number of fused-ring (bicyclic) bond motifs is 1. The SMILES string of the molecule is COc1ccccc1N(CC(=O)N/N=C\c1cc2c(cc1Br)OCO2)S(=O)(=O)c1ccc(C)cc1. The second kappa shape index (κ2) is 10.4. The van der Waals surface area contributed by atoms with E-state index in [2.05, 4.69) is 26.5 Å². The van der Waals surface area contributed by atoms with Crippen molar-refractivity contribution in [3.05, 3.63) is 76.3 Å². The highest BCUT2D eigenvalue weighted by atomic mass is 79.9. The van der Waals surface area contributed by atoms with Crippen LogP contribution in [-0.2, 0) is 14.8 Å². The van der Waals surface area contributed by atoms with E-state index in [-0.39, 0.29) is 17.4 Å². The second-order valence-electron chi connectivity index (χ2n) is 7.52. The Bertz CT molecular complexity index is 1380. The topological polar surface area (TPSA) is 107 Å². The monoisotopic (exact) mass is 559 g/mol. The van der Waals surface area contributed by atoms with Crippen molar-refractivity contribution in [2.24, 2.45) is 5.10 Å². The van der Waals surface area contributed by atoms with Gasteiger partial charge in [0.25, 0.3) is 15.9 Å². The van der Waals surface area contributed by atoms with Crippen molar-refractivity contribution in [1.29, 1.82) is 0 Å². The van der Waals surface area contributed by atoms with Crippen molar-refractivity contribution in [2.45, 2.75) is 11.8 Å². The number of carbonyl (C=O) groups excluding carboxylic acids is 1. The van der Waals surface area contributed by atoms with Crippen LogP contribution in [0.3, 0.4) is 0 Å². The average molecular weight is 560 g/mol. The van der Waals surface area contributed by atoms with Gasteiger partial charge in [-0.1, -0.05) is 29.8 Å². The summed E-state index contributed by atoms with van der Waals surface area (Å²) >= 11 is 3.42. The number of carbonyl (C=O) groups is 1. The van der Waals surface area contributed by atoms with Crippen molar-refractivity contribution in [3.8, 4) is 17.2 Å². The molecule has 3 aromatic rings. The Morgan fingerprint density at radius 3 is 2.54 bits per heavy atom. The van der Waals surface area contributed by atoms with Crippen LogP contribution in [-0.4, -0.2) is 41.0 Å². The van der Waals surface area contributed by atoms with Crippen LogP contribution in [0.5, 0.6) is 17.2 Å². The van der Waals surface area contributed by atoms with E-state index in [1.807, 2.05) is 6.92 Å². The number of rotatable bonds is 8. The van der Waals surface area contributed by atoms with Gasteiger partial charge in [-0.3, -0.25) is 9.10 Å². The van der Waals surface area contributed by atoms with Gasteiger partial charge >= 0.3 is 0 Å². The van der Waals surface area contributed by atoms with Crippen molar-refractivity contribution in [1.82, 2.24) is 5.43 Å². The zero-order valence-electron chi connectivity index (χ0n) is 18.9. The van der Waals surface area contributed by atoms with E-state index in [1.54, 1.807) is 48.5 Å². The molecule has 9 nitrogen and oxygen atoms in total. The maximum atomic E-state index is 13.5. The van der Waals surface area contributed by atoms with Gasteiger partial charge in [-0.2, -0.15) is 5.10 Å². The number of para-hydroxylation sites is 2. The number of hydrazone groups is 1. The number of ether oxygens (including phenoxy) is 3. The lowest BCUT2D eigenvalue weighted by Gasteiger charge is -2.25. The molecular formula is C24H22BrN3O6S. The van der Waals surface area contributed by atoms with Crippen LogP contribution in [0.2, 0.25) is 0 Å². The van der Waals surface area contributed by atoms with E-state index >= 15 is 0 Å². The largest absolute Gasteiger partial charge is 0.495 e. The Morgan fingerprint density at radius 2 is 1.83 bits per heavy atom. The highest BCUT2D eigenvalue weighted by molar-refractivity contribution is 9.10. The van der Waals surface area contributed by atoms with E-state index in [4.69, 9.17) is 14.2 Å². The number of anilines is 1. The van der Waals surface area contributed by atoms with Crippen molar-refractivity contribution < 1.29 is 27.4 Å². The molecule has 0 radical (unpaired) electrons. The molecule has 0 spiro atoms. The molecule has 35 heavy (non-hydrogen) atoms. The number of nitrogens with one attached hydrogen (secondary N) is 1. The van der Waals surface area contributed by atoms with E-state index < -0.39 is 22.5 Å². The summed E-state index contributed by atoms with van der Waals surface area (Å²) in [7, 11) is -2.65. The van der Waals surface area contributed by atoms with Gasteiger partial charge in [-0.05, 0) is 59.3 Å². The number of benzene rings is 3. The molecule has 0 atom stereocenters. The van der Waals surface area contributed by atoms with Gasteiger partial charge in [-0.25, -0.2) is 13.8 Å². The Morgan fingerprint density at radius 1 is 1.14 bits per heavy atom. The van der Waals surface area contributed by atoms with Gasteiger partial charge in [0.05, 0.1) is 23.9 Å². The maximum absolute atomic E-state index is 13.5. The summed E-state index contributed by atoms with van der Waals surface area (Å²) in [4.78, 5) is 12.8. The molecule has 1 heterocycles. The number of nitrogens with zero attached hydrogens (tertiary/aromatic N) is 2. The average Bonchev–Trinajstić information content (AvgIpc) is 3.30. The lowest BCUT2D eigenvalue weighted by molar-refractivity contribution is -0.119. The molecule has 0 aliphatic carbocycles. The third-order valence-electron chi connectivity index (χ3n) is 5.13. The third-order valence-corrected chi connectivity index (χ3v) is 7.60. The van der Waals surface area contributed by atoms with Gasteiger partial charge in [0.15, 0.2) is 11.5 Å². The van der Waals surface area contributed by atoms with Crippen molar-refractivity contribution in [2.75, 3.05) is 24.8 Å². The Labute approximate surface area is 211 Å². The third kappa shape index (κ3) is 5.41. The summed E-state index contributed by atoms with van der Waals surface area (Å²) in [6, 6.07) is 16.4. The predicted molar refractivity (Wildman–Crippen MR) is 135 cm³/mol. The Hall–Kier alpha value is -3.57. The molecule has 11 heteroatoms. The maximum Gasteiger partial charge on any atom is 0.264 e. The Balaban J connectivity index is 1.58. The van der Waals surface area contributed by atoms with Gasteiger partial charge < -0.3 is 14.2 Å². The number of hydrogen-bond acceptors (Lipinski definition) is 7. The summed E-state index contributed by atoms with van der Waals surface area (Å²) in [5.41, 5.74) is 4.17. The minimum Gasteiger partial charge on any atom is -0.495 e. The number of aryl methyl sites for hydroxylation is 1. The summed E-state index contributed by atoms with van der Waals surface area (Å²) < 4.78 is 44.7. The highest BCUT2D eigenvalue weighted by Gasteiger charge is 2.29. The van der Waals surface area contributed by atoms with Crippen molar-refractivity contribution >= 4 is 43.8 Å². The van der Waals surface area contributed by atoms with Gasteiger partial charge in [0.1, 0.15) is 12.3 Å². The van der Waals surface area contributed by atoms with E-state index in [9.17, 15) is 13.2 Å². The zero-order valence-corrected chi connectivity index (χ0v) is 21.3. The quantitative estimate of drug-likeness (QED) is 0.332. The summed E-state index contributed by atoms with van der Waals surface area (Å²) in [5.74, 6) is 0.836. The van der Waals surface area contributed by atoms with Crippen LogP contribution >= 0.6 is 15.9 Å². The normalized spacial score (nSPS) is 12.5. The molecule has 0 fully saturated rings. The molecule has 1 aliphatic heterocycles. The van der Waals surface area contributed by atoms with Crippen LogP contribution in [0.1, 0.15) is 11.1 Å². The summed E-state index contributed by atoms with van der Waals surface area (Å²) in [6.45, 7) is 1.47. The molecule has 0 bridgehead atoms. The number of hydrogen-bond donors (Lipinski definition) is 1. The van der Waals surface area contributed by atoms with Gasteiger partial charge in [0.2, 0.25) is 6.79 Å². The highest BCUT2D eigenvalue weighted by Crippen LogP contribution is 2.36. The molecule has 1 N–H and O–H groups in total. The number of sulfonamides is 1. The van der Waals surface area contributed by atoms with Gasteiger partial charge in [-0.15, -0.1) is 0 Å². The molecule has 0 saturated heterocycles. The predicted octanol–water partition coefficient (Wildman–Crippen LogP) is 3.84. The molecule has 0 saturated carbocycles. The van der Waals surface area contributed by atoms with E-state index in [0.717, 1.165) is 9.87 Å². The lowest BCUT2D eigenvalue weighted by Crippen LogP contribution is -2.39. The first-order chi connectivity index (χ1) is 16.8. The van der Waals surface area contributed by atoms with Crippen LogP contribution in [0, 0.1) is 6.92 Å². The minimum atomic E-state index is -4.09. The summed E-state index contributed by atoms with van der Waals surface area (Å²) in [6.07, 6.45) is 1.42. The molecular weight excluding hydrogens is 538 g/mol. The minimum absolute atomic E-state index is 0.0506. The standard InChI is InChI=1S/C24H22BrN3O6S/c1-16-7-9-18(10-8-16)35(30,31)28(20-5-3-4-6-21(20)32-2)14-24(29)27-26-13-17-11-22-23(12-19(17)25)34-15-33-22/h3-13H,14-15H2,1-2H3,(H,27,29)/b26-13-. The lowest BCUT2D eigenvalue weighted by atomic mass is 10.2. The molecule has 4 rings (SSSR count). The number of methoxy groups -OCH3 is 1. The van der Waals surface area contributed by atoms with E-state index in [1.165, 1.54) is 25.5 Å². The fourth-order valence-corrected chi connectivity index (χ4v) is 5.20. The smallest absolute Gasteiger partial charge is 0.264 e. The first kappa shape index (κ1) is 24.6. The summed E-state index contributed by atoms with van der Waals surface area (Å²) in [5, 5.41) is 3.98. The number of amides is 1. The van der Waals surface area contributed by atoms with Crippen LogP contribution in [0.4, 0.5) is 5.69 Å². The molecule has 182 valence electrons. The van der Waals surface area contributed by atoms with Crippen molar-refractivity contribution in [3.63, 3.8) is 0 Å². The number of halogens is 1. The molecule has 1 amide bonds. The van der Waals surface area contributed by atoms with Crippen LogP contribution in [0.25, 0.3) is 0 Å². The van der Waals surface area contributed by atoms with Gasteiger partial charge in [0, 0.05) is 10.0 Å². The van der Waals surface area contributed by atoms with Crippen LogP contribution < -0.4 is 23.9 Å².